The topological polar surface area (TPSA) is 63.3 Å². The number of H-pyrrole nitrogens is 1. The third-order valence-corrected chi connectivity index (χ3v) is 6.82. The molecule has 6 heteroatoms. The number of rotatable bonds is 11. The van der Waals surface area contributed by atoms with Crippen LogP contribution in [0, 0.1) is 0 Å². The quantitative estimate of drug-likeness (QED) is 0.262. The Balaban J connectivity index is 1.52. The average molecular weight is 499 g/mol. The maximum absolute atomic E-state index is 10.7. The van der Waals surface area contributed by atoms with Crippen molar-refractivity contribution in [2.75, 3.05) is 13.7 Å². The molecule has 1 amide bonds. The first-order valence-electron chi connectivity index (χ1n) is 11.5. The van der Waals surface area contributed by atoms with Gasteiger partial charge in [-0.2, -0.15) is 0 Å². The molecule has 1 saturated carbocycles. The second-order valence-corrected chi connectivity index (χ2v) is 9.39. The van der Waals surface area contributed by atoms with Crippen LogP contribution in [0.1, 0.15) is 48.8 Å². The zero-order valence-electron chi connectivity index (χ0n) is 18.6. The second-order valence-electron chi connectivity index (χ2n) is 8.48. The number of ether oxygens (including phenoxy) is 2. The summed E-state index contributed by atoms with van der Waals surface area (Å²) in [5.74, 6) is 1.63. The molecule has 1 aliphatic carbocycles. The number of carbonyl (C=O) groups is 1. The largest absolute Gasteiger partial charge is 0.493 e. The standard InChI is InChI=1S/C26H31BrN2O3/c1-31-25-13-19(11-12-28-17-30)18(14-26(25)32-22-7-2-3-8-22)5-4-6-20-16-29-24-10-9-21(27)15-23(20)24/h9-10,13-17,22,29H,2-8,11-12H2,1H3,(H,28,30). The van der Waals surface area contributed by atoms with Crippen LogP contribution in [-0.2, 0) is 24.1 Å². The van der Waals surface area contributed by atoms with Crippen LogP contribution in [0.5, 0.6) is 11.5 Å². The van der Waals surface area contributed by atoms with Gasteiger partial charge in [-0.15, -0.1) is 0 Å². The first-order chi connectivity index (χ1) is 15.7. The van der Waals surface area contributed by atoms with E-state index in [1.54, 1.807) is 7.11 Å². The highest BCUT2D eigenvalue weighted by Crippen LogP contribution is 2.35. The minimum atomic E-state index is 0.281. The lowest BCUT2D eigenvalue weighted by Gasteiger charge is -2.19. The van der Waals surface area contributed by atoms with Crippen LogP contribution in [0.3, 0.4) is 0 Å². The lowest BCUT2D eigenvalue weighted by atomic mass is 9.97. The van der Waals surface area contributed by atoms with Gasteiger partial charge in [0, 0.05) is 28.1 Å². The number of amides is 1. The molecular weight excluding hydrogens is 468 g/mol. The van der Waals surface area contributed by atoms with Crippen molar-refractivity contribution >= 4 is 33.2 Å². The number of halogens is 1. The van der Waals surface area contributed by atoms with Crippen LogP contribution in [0.25, 0.3) is 10.9 Å². The second kappa shape index (κ2) is 10.9. The number of hydrogen-bond donors (Lipinski definition) is 2. The summed E-state index contributed by atoms with van der Waals surface area (Å²) in [6, 6.07) is 10.6. The fraction of sp³-hybridized carbons (Fsp3) is 0.423. The van der Waals surface area contributed by atoms with E-state index in [0.29, 0.717) is 6.54 Å². The molecule has 0 spiro atoms. The zero-order chi connectivity index (χ0) is 22.3. The predicted octanol–water partition coefficient (Wildman–Crippen LogP) is 5.72. The molecule has 4 rings (SSSR count). The molecular formula is C26H31BrN2O3. The van der Waals surface area contributed by atoms with Crippen molar-refractivity contribution in [2.24, 2.45) is 0 Å². The van der Waals surface area contributed by atoms with E-state index in [4.69, 9.17) is 9.47 Å². The molecule has 0 bridgehead atoms. The van der Waals surface area contributed by atoms with E-state index in [-0.39, 0.29) is 6.10 Å². The van der Waals surface area contributed by atoms with Crippen LogP contribution in [0.2, 0.25) is 0 Å². The third kappa shape index (κ3) is 5.47. The highest BCUT2D eigenvalue weighted by molar-refractivity contribution is 9.10. The summed E-state index contributed by atoms with van der Waals surface area (Å²) >= 11 is 3.58. The number of benzene rings is 2. The normalized spacial score (nSPS) is 14.1. The minimum Gasteiger partial charge on any atom is -0.493 e. The van der Waals surface area contributed by atoms with E-state index >= 15 is 0 Å². The highest BCUT2D eigenvalue weighted by Gasteiger charge is 2.20. The Hall–Kier alpha value is -2.47. The lowest BCUT2D eigenvalue weighted by molar-refractivity contribution is -0.109. The van der Waals surface area contributed by atoms with Crippen molar-refractivity contribution in [2.45, 2.75) is 57.5 Å². The number of aromatic nitrogens is 1. The van der Waals surface area contributed by atoms with Crippen molar-refractivity contribution in [1.29, 1.82) is 0 Å². The van der Waals surface area contributed by atoms with E-state index in [1.165, 1.54) is 40.4 Å². The Morgan fingerprint density at radius 2 is 1.81 bits per heavy atom. The number of aryl methyl sites for hydroxylation is 2. The fourth-order valence-corrected chi connectivity index (χ4v) is 5.00. The van der Waals surface area contributed by atoms with Crippen LogP contribution in [-0.4, -0.2) is 31.2 Å². The third-order valence-electron chi connectivity index (χ3n) is 6.33. The smallest absolute Gasteiger partial charge is 0.207 e. The van der Waals surface area contributed by atoms with Gasteiger partial charge in [-0.05, 0) is 98.4 Å². The monoisotopic (exact) mass is 498 g/mol. The molecule has 1 fully saturated rings. The van der Waals surface area contributed by atoms with Gasteiger partial charge in [-0.1, -0.05) is 15.9 Å². The molecule has 170 valence electrons. The summed E-state index contributed by atoms with van der Waals surface area (Å²) in [5.41, 5.74) is 4.98. The van der Waals surface area contributed by atoms with E-state index < -0.39 is 0 Å². The molecule has 0 atom stereocenters. The van der Waals surface area contributed by atoms with Crippen LogP contribution in [0.4, 0.5) is 0 Å². The molecule has 5 nitrogen and oxygen atoms in total. The Labute approximate surface area is 198 Å². The molecule has 1 heterocycles. The first-order valence-corrected chi connectivity index (χ1v) is 12.3. The summed E-state index contributed by atoms with van der Waals surface area (Å²) in [4.78, 5) is 14.1. The van der Waals surface area contributed by atoms with Crippen molar-refractivity contribution in [3.05, 3.63) is 57.7 Å². The van der Waals surface area contributed by atoms with Gasteiger partial charge in [0.15, 0.2) is 11.5 Å². The van der Waals surface area contributed by atoms with Crippen molar-refractivity contribution < 1.29 is 14.3 Å². The Kier molecular flexibility index (Phi) is 7.74. The molecule has 1 aliphatic rings. The number of aromatic amines is 1. The predicted molar refractivity (Wildman–Crippen MR) is 132 cm³/mol. The van der Waals surface area contributed by atoms with E-state index in [2.05, 4.69) is 62.8 Å². The maximum Gasteiger partial charge on any atom is 0.207 e. The van der Waals surface area contributed by atoms with E-state index in [9.17, 15) is 4.79 Å². The molecule has 2 aromatic carbocycles. The van der Waals surface area contributed by atoms with Gasteiger partial charge in [-0.25, -0.2) is 0 Å². The van der Waals surface area contributed by atoms with Gasteiger partial charge in [0.1, 0.15) is 0 Å². The van der Waals surface area contributed by atoms with Crippen LogP contribution < -0.4 is 14.8 Å². The zero-order valence-corrected chi connectivity index (χ0v) is 20.2. The van der Waals surface area contributed by atoms with Crippen LogP contribution in [0.15, 0.2) is 41.0 Å². The number of nitrogens with one attached hydrogen (secondary N) is 2. The summed E-state index contributed by atoms with van der Waals surface area (Å²) < 4.78 is 13.1. The van der Waals surface area contributed by atoms with E-state index in [0.717, 1.165) is 60.9 Å². The highest BCUT2D eigenvalue weighted by atomic mass is 79.9. The Bertz CT molecular complexity index is 1060. The fourth-order valence-electron chi connectivity index (χ4n) is 4.64. The molecule has 3 aromatic rings. The molecule has 2 N–H and O–H groups in total. The minimum absolute atomic E-state index is 0.281. The molecule has 0 unspecified atom stereocenters. The first kappa shape index (κ1) is 22.7. The summed E-state index contributed by atoms with van der Waals surface area (Å²) in [6.07, 6.45) is 11.6. The maximum atomic E-state index is 10.7. The number of methoxy groups -OCH3 is 1. The summed E-state index contributed by atoms with van der Waals surface area (Å²) in [5, 5.41) is 4.05. The molecule has 0 radical (unpaired) electrons. The Morgan fingerprint density at radius 1 is 1.06 bits per heavy atom. The molecule has 0 saturated heterocycles. The Morgan fingerprint density at radius 3 is 2.59 bits per heavy atom. The van der Waals surface area contributed by atoms with Gasteiger partial charge in [-0.3, -0.25) is 4.79 Å². The van der Waals surface area contributed by atoms with Crippen molar-refractivity contribution in [3.63, 3.8) is 0 Å². The SMILES string of the molecule is COc1cc(CCNC=O)c(CCCc2c[nH]c3ccc(Br)cc23)cc1OC1CCCC1. The summed E-state index contributed by atoms with van der Waals surface area (Å²) in [7, 11) is 1.69. The number of carbonyl (C=O) groups excluding carboxylic acids is 1. The van der Waals surface area contributed by atoms with Crippen molar-refractivity contribution in [1.82, 2.24) is 10.3 Å². The average Bonchev–Trinajstić information content (AvgIpc) is 3.45. The number of hydrogen-bond acceptors (Lipinski definition) is 3. The van der Waals surface area contributed by atoms with Gasteiger partial charge >= 0.3 is 0 Å². The summed E-state index contributed by atoms with van der Waals surface area (Å²) in [6.45, 7) is 0.610. The molecule has 1 aromatic heterocycles. The van der Waals surface area contributed by atoms with Gasteiger partial charge < -0.3 is 19.8 Å². The van der Waals surface area contributed by atoms with Crippen LogP contribution >= 0.6 is 15.9 Å². The van der Waals surface area contributed by atoms with Crippen molar-refractivity contribution in [3.8, 4) is 11.5 Å². The molecule has 32 heavy (non-hydrogen) atoms. The van der Waals surface area contributed by atoms with Gasteiger partial charge in [0.25, 0.3) is 0 Å². The lowest BCUT2D eigenvalue weighted by Crippen LogP contribution is -2.16. The van der Waals surface area contributed by atoms with Gasteiger partial charge in [0.2, 0.25) is 6.41 Å². The van der Waals surface area contributed by atoms with Gasteiger partial charge in [0.05, 0.1) is 13.2 Å². The number of fused-ring (bicyclic) bond motifs is 1. The van der Waals surface area contributed by atoms with E-state index in [1.807, 2.05) is 0 Å². The molecule has 0 aliphatic heterocycles.